The predicted octanol–water partition coefficient (Wildman–Crippen LogP) is 4.83. The van der Waals surface area contributed by atoms with Crippen molar-refractivity contribution >= 4 is 17.3 Å². The molecule has 2 atom stereocenters. The summed E-state index contributed by atoms with van der Waals surface area (Å²) in [6.07, 6.45) is 11.5. The van der Waals surface area contributed by atoms with E-state index in [1.54, 1.807) is 6.20 Å². The monoisotopic (exact) mass is 583 g/mol. The number of benzene rings is 2. The first-order valence-corrected chi connectivity index (χ1v) is 15.2. The van der Waals surface area contributed by atoms with Crippen molar-refractivity contribution in [3.05, 3.63) is 84.6 Å². The zero-order valence-corrected chi connectivity index (χ0v) is 25.6. The van der Waals surface area contributed by atoms with E-state index in [-0.39, 0.29) is 0 Å². The molecule has 2 aliphatic rings. The van der Waals surface area contributed by atoms with E-state index in [0.29, 0.717) is 18.5 Å². The van der Waals surface area contributed by atoms with Crippen LogP contribution < -0.4 is 15.4 Å². The highest BCUT2D eigenvalue weighted by molar-refractivity contribution is 5.66. The zero-order chi connectivity index (χ0) is 30.0. The molecule has 3 aromatic rings. The largest absolute Gasteiger partial charge is 0.493 e. The smallest absolute Gasteiger partial charge is 0.227 e. The average Bonchev–Trinajstić information content (AvgIpc) is 3.47. The summed E-state index contributed by atoms with van der Waals surface area (Å²) in [6.45, 7) is 5.72. The van der Waals surface area contributed by atoms with E-state index >= 15 is 0 Å². The number of nitrogens with zero attached hydrogens (tertiary/aromatic N) is 5. The van der Waals surface area contributed by atoms with Crippen molar-refractivity contribution in [2.24, 2.45) is 5.92 Å². The van der Waals surface area contributed by atoms with E-state index in [1.165, 1.54) is 5.56 Å². The number of aromatic nitrogens is 2. The Balaban J connectivity index is 1.31. The Kier molecular flexibility index (Phi) is 10.8. The Hall–Kier alpha value is -3.76. The fraction of sp³-hybridized carbons (Fsp3) is 0.412. The van der Waals surface area contributed by atoms with Crippen molar-refractivity contribution < 1.29 is 9.84 Å². The van der Waals surface area contributed by atoms with Crippen LogP contribution in [0.3, 0.4) is 0 Å². The summed E-state index contributed by atoms with van der Waals surface area (Å²) in [4.78, 5) is 15.9. The van der Waals surface area contributed by atoms with Gasteiger partial charge in [0.2, 0.25) is 5.95 Å². The molecule has 228 valence electrons. The molecule has 0 saturated carbocycles. The normalized spacial score (nSPS) is 19.8. The van der Waals surface area contributed by atoms with Gasteiger partial charge in [-0.25, -0.2) is 9.97 Å². The minimum absolute atomic E-state index is 0.461. The maximum Gasteiger partial charge on any atom is 0.227 e. The third kappa shape index (κ3) is 9.36. The highest BCUT2D eigenvalue weighted by Crippen LogP contribution is 2.27. The lowest BCUT2D eigenvalue weighted by Crippen LogP contribution is -2.32. The number of aliphatic hydroxyl groups excluding tert-OH is 1. The second-order valence-corrected chi connectivity index (χ2v) is 11.8. The fourth-order valence-corrected chi connectivity index (χ4v) is 5.45. The standard InChI is InChI=1S/C34H45N7O2/c1-39(2)15-8-11-33(42)41-17-13-26(25-41)23-36-29-19-27-20-30(22-29)37-34-35-14-12-32(38-34)28-9-7-10-31(21-28)43-18-6-4-5-16-40(3)24-27/h4-5,7-12,14,19-22,26,33,36,42H,6,13,15-18,23-25H2,1-3H3,(H,35,37,38)/b5-4+,11-8+. The van der Waals surface area contributed by atoms with E-state index < -0.39 is 6.23 Å². The first-order chi connectivity index (χ1) is 20.9. The molecule has 2 unspecified atom stereocenters. The van der Waals surface area contributed by atoms with Crippen LogP contribution in [-0.2, 0) is 6.54 Å². The van der Waals surface area contributed by atoms with Gasteiger partial charge in [-0.05, 0) is 87.9 Å². The third-order valence-electron chi connectivity index (χ3n) is 7.69. The number of fused-ring (bicyclic) bond motifs is 7. The van der Waals surface area contributed by atoms with Crippen LogP contribution in [0.1, 0.15) is 18.4 Å². The van der Waals surface area contributed by atoms with Gasteiger partial charge >= 0.3 is 0 Å². The van der Waals surface area contributed by atoms with Gasteiger partial charge in [0.1, 0.15) is 12.0 Å². The summed E-state index contributed by atoms with van der Waals surface area (Å²) in [6, 6.07) is 16.5. The number of rotatable bonds is 7. The maximum atomic E-state index is 10.6. The Morgan fingerprint density at radius 2 is 2.09 bits per heavy atom. The third-order valence-corrected chi connectivity index (χ3v) is 7.69. The Labute approximate surface area is 255 Å². The van der Waals surface area contributed by atoms with Gasteiger partial charge in [0, 0.05) is 62.4 Å². The second-order valence-electron chi connectivity index (χ2n) is 11.8. The molecular formula is C34H45N7O2. The van der Waals surface area contributed by atoms with Gasteiger partial charge in [-0.15, -0.1) is 0 Å². The summed E-state index contributed by atoms with van der Waals surface area (Å²) >= 11 is 0. The minimum Gasteiger partial charge on any atom is -0.493 e. The molecule has 9 heteroatoms. The molecule has 0 amide bonds. The van der Waals surface area contributed by atoms with Gasteiger partial charge < -0.3 is 25.4 Å². The van der Waals surface area contributed by atoms with Crippen molar-refractivity contribution in [1.29, 1.82) is 0 Å². The summed E-state index contributed by atoms with van der Waals surface area (Å²) in [5.41, 5.74) is 5.02. The number of ether oxygens (including phenoxy) is 1. The van der Waals surface area contributed by atoms with Crippen LogP contribution in [0.25, 0.3) is 11.3 Å². The van der Waals surface area contributed by atoms with Crippen molar-refractivity contribution in [1.82, 2.24) is 24.7 Å². The Morgan fingerprint density at radius 1 is 1.19 bits per heavy atom. The lowest BCUT2D eigenvalue weighted by atomic mass is 10.1. The molecule has 2 aliphatic heterocycles. The van der Waals surface area contributed by atoms with E-state index in [4.69, 9.17) is 9.72 Å². The van der Waals surface area contributed by atoms with E-state index in [1.807, 2.05) is 56.6 Å². The number of hydrogen-bond donors (Lipinski definition) is 3. The fourth-order valence-electron chi connectivity index (χ4n) is 5.45. The van der Waals surface area contributed by atoms with Gasteiger partial charge in [0.25, 0.3) is 0 Å². The lowest BCUT2D eigenvalue weighted by molar-refractivity contribution is 0.0583. The van der Waals surface area contributed by atoms with Crippen molar-refractivity contribution in [2.45, 2.75) is 25.6 Å². The number of hydrogen-bond acceptors (Lipinski definition) is 9. The van der Waals surface area contributed by atoms with Crippen LogP contribution in [-0.4, -0.2) is 96.5 Å². The molecule has 2 aromatic carbocycles. The number of anilines is 3. The maximum absolute atomic E-state index is 10.6. The molecule has 0 spiro atoms. The van der Waals surface area contributed by atoms with Gasteiger partial charge in [-0.2, -0.15) is 0 Å². The lowest BCUT2D eigenvalue weighted by Gasteiger charge is -2.21. The molecule has 0 aliphatic carbocycles. The summed E-state index contributed by atoms with van der Waals surface area (Å²) in [5.74, 6) is 1.84. The first kappa shape index (κ1) is 30.7. The number of likely N-dealkylation sites (N-methyl/N-ethyl adjacent to an activating group) is 2. The zero-order valence-electron chi connectivity index (χ0n) is 25.6. The van der Waals surface area contributed by atoms with Gasteiger partial charge in [0.05, 0.1) is 12.3 Å². The van der Waals surface area contributed by atoms with Crippen LogP contribution in [0.2, 0.25) is 0 Å². The molecule has 9 nitrogen and oxygen atoms in total. The van der Waals surface area contributed by atoms with Crippen LogP contribution in [0.5, 0.6) is 5.75 Å². The average molecular weight is 584 g/mol. The highest BCUT2D eigenvalue weighted by Gasteiger charge is 2.25. The van der Waals surface area contributed by atoms with Crippen molar-refractivity contribution in [3.8, 4) is 17.0 Å². The summed E-state index contributed by atoms with van der Waals surface area (Å²) in [7, 11) is 6.19. The number of likely N-dealkylation sites (tertiary alicyclic amines) is 1. The first-order valence-electron chi connectivity index (χ1n) is 15.2. The molecular weight excluding hydrogens is 538 g/mol. The van der Waals surface area contributed by atoms with Gasteiger partial charge in [-0.3, -0.25) is 9.80 Å². The van der Waals surface area contributed by atoms with Crippen LogP contribution in [0.4, 0.5) is 17.3 Å². The predicted molar refractivity (Wildman–Crippen MR) is 175 cm³/mol. The molecule has 1 aromatic heterocycles. The second kappa shape index (κ2) is 15.1. The SMILES string of the molecule is CN(C)C/C=C/C(O)N1CCC(CNc2cc3cc(c2)Nc2nccc(n2)-c2cccc(c2)OCC/C=C/CN(C)C3)C1. The summed E-state index contributed by atoms with van der Waals surface area (Å²) < 4.78 is 5.99. The molecule has 43 heavy (non-hydrogen) atoms. The van der Waals surface area contributed by atoms with Crippen molar-refractivity contribution in [3.63, 3.8) is 0 Å². The molecule has 3 N–H and O–H groups in total. The minimum atomic E-state index is -0.534. The quantitative estimate of drug-likeness (QED) is 0.339. The van der Waals surface area contributed by atoms with Gasteiger partial charge in [0.15, 0.2) is 0 Å². The number of aliphatic hydroxyl groups is 1. The van der Waals surface area contributed by atoms with Crippen molar-refractivity contribution in [2.75, 3.05) is 71.1 Å². The molecule has 6 bridgehead atoms. The van der Waals surface area contributed by atoms with E-state index in [9.17, 15) is 5.11 Å². The molecule has 1 saturated heterocycles. The van der Waals surface area contributed by atoms with Crippen LogP contribution in [0, 0.1) is 5.92 Å². The topological polar surface area (TPSA) is 89.0 Å². The van der Waals surface area contributed by atoms with Crippen LogP contribution in [0.15, 0.2) is 79.0 Å². The number of nitrogens with one attached hydrogen (secondary N) is 2. The van der Waals surface area contributed by atoms with E-state index in [2.05, 4.69) is 67.7 Å². The van der Waals surface area contributed by atoms with Gasteiger partial charge in [-0.1, -0.05) is 30.4 Å². The highest BCUT2D eigenvalue weighted by atomic mass is 16.5. The Morgan fingerprint density at radius 3 is 2.98 bits per heavy atom. The Bertz CT molecular complexity index is 1390. The molecule has 1 fully saturated rings. The molecule has 0 radical (unpaired) electrons. The summed E-state index contributed by atoms with van der Waals surface area (Å²) in [5, 5.41) is 17.7. The van der Waals surface area contributed by atoms with E-state index in [0.717, 1.165) is 80.5 Å². The van der Waals surface area contributed by atoms with Crippen LogP contribution >= 0.6 is 0 Å². The molecule has 5 rings (SSSR count). The molecule has 3 heterocycles.